The van der Waals surface area contributed by atoms with E-state index in [1.807, 2.05) is 20.9 Å². The molecular formula is C12H22N4O. The number of nitrogens with zero attached hydrogens (tertiary/aromatic N) is 2. The minimum atomic E-state index is -0.702. The molecule has 0 aliphatic carbocycles. The lowest BCUT2D eigenvalue weighted by Crippen LogP contribution is -2.33. The van der Waals surface area contributed by atoms with E-state index in [9.17, 15) is 5.11 Å². The molecule has 17 heavy (non-hydrogen) atoms. The third-order valence-corrected chi connectivity index (χ3v) is 2.75. The summed E-state index contributed by atoms with van der Waals surface area (Å²) in [6.07, 6.45) is 3.23. The van der Waals surface area contributed by atoms with Crippen LogP contribution in [0.15, 0.2) is 6.33 Å². The molecule has 96 valence electrons. The predicted octanol–water partition coefficient (Wildman–Crippen LogP) is 1.79. The van der Waals surface area contributed by atoms with E-state index in [4.69, 9.17) is 0 Å². The van der Waals surface area contributed by atoms with Crippen LogP contribution in [0, 0.1) is 6.92 Å². The van der Waals surface area contributed by atoms with Crippen LogP contribution in [0.5, 0.6) is 0 Å². The van der Waals surface area contributed by atoms with Crippen molar-refractivity contribution in [2.75, 3.05) is 24.2 Å². The first-order valence-corrected chi connectivity index (χ1v) is 5.95. The summed E-state index contributed by atoms with van der Waals surface area (Å²) in [7, 11) is 1.83. The smallest absolute Gasteiger partial charge is 0.134 e. The summed E-state index contributed by atoms with van der Waals surface area (Å²) in [4.78, 5) is 8.29. The van der Waals surface area contributed by atoms with Gasteiger partial charge in [-0.15, -0.1) is 0 Å². The molecule has 0 spiro atoms. The van der Waals surface area contributed by atoms with Gasteiger partial charge in [0.2, 0.25) is 0 Å². The third-order valence-electron chi connectivity index (χ3n) is 2.75. The van der Waals surface area contributed by atoms with E-state index in [0.717, 1.165) is 30.0 Å². The summed E-state index contributed by atoms with van der Waals surface area (Å²) in [5.74, 6) is 1.57. The van der Waals surface area contributed by atoms with Crippen LogP contribution >= 0.6 is 0 Å². The van der Waals surface area contributed by atoms with E-state index in [2.05, 4.69) is 27.5 Å². The molecule has 0 saturated carbocycles. The Labute approximate surface area is 103 Å². The number of anilines is 2. The van der Waals surface area contributed by atoms with Gasteiger partial charge in [-0.2, -0.15) is 0 Å². The van der Waals surface area contributed by atoms with E-state index in [1.165, 1.54) is 6.33 Å². The van der Waals surface area contributed by atoms with Crippen molar-refractivity contribution in [1.29, 1.82) is 0 Å². The molecular weight excluding hydrogens is 216 g/mol. The maximum atomic E-state index is 10.1. The number of rotatable bonds is 6. The average molecular weight is 238 g/mol. The molecule has 0 radical (unpaired) electrons. The quantitative estimate of drug-likeness (QED) is 0.705. The van der Waals surface area contributed by atoms with Gasteiger partial charge in [-0.3, -0.25) is 0 Å². The predicted molar refractivity (Wildman–Crippen MR) is 70.3 cm³/mol. The molecule has 5 nitrogen and oxygen atoms in total. The normalized spacial score (nSPS) is 14.2. The van der Waals surface area contributed by atoms with Gasteiger partial charge in [-0.05, 0) is 20.3 Å². The maximum absolute atomic E-state index is 10.1. The van der Waals surface area contributed by atoms with Crippen molar-refractivity contribution < 1.29 is 5.11 Å². The van der Waals surface area contributed by atoms with Crippen LogP contribution in [-0.4, -0.2) is 34.3 Å². The molecule has 1 aromatic heterocycles. The molecule has 1 rings (SSSR count). The Morgan fingerprint density at radius 3 is 2.59 bits per heavy atom. The van der Waals surface area contributed by atoms with Gasteiger partial charge in [0, 0.05) is 19.2 Å². The van der Waals surface area contributed by atoms with Crippen LogP contribution in [0.4, 0.5) is 11.6 Å². The first-order valence-electron chi connectivity index (χ1n) is 5.95. The fraction of sp³-hybridized carbons (Fsp3) is 0.667. The molecule has 5 heteroatoms. The number of hydrogen-bond donors (Lipinski definition) is 3. The van der Waals surface area contributed by atoms with Crippen LogP contribution in [-0.2, 0) is 0 Å². The molecule has 0 aliphatic rings. The van der Waals surface area contributed by atoms with Crippen LogP contribution in [0.2, 0.25) is 0 Å². The minimum Gasteiger partial charge on any atom is -0.388 e. The van der Waals surface area contributed by atoms with Crippen molar-refractivity contribution in [3.8, 4) is 0 Å². The van der Waals surface area contributed by atoms with E-state index in [-0.39, 0.29) is 0 Å². The Morgan fingerprint density at radius 1 is 1.35 bits per heavy atom. The summed E-state index contributed by atoms with van der Waals surface area (Å²) in [6.45, 7) is 6.33. The summed E-state index contributed by atoms with van der Waals surface area (Å²) < 4.78 is 0. The second-order valence-corrected chi connectivity index (χ2v) is 4.55. The highest BCUT2D eigenvalue weighted by Crippen LogP contribution is 2.19. The molecule has 3 N–H and O–H groups in total. The molecule has 1 atom stereocenters. The van der Waals surface area contributed by atoms with Crippen LogP contribution < -0.4 is 10.6 Å². The fourth-order valence-corrected chi connectivity index (χ4v) is 1.78. The van der Waals surface area contributed by atoms with Crippen molar-refractivity contribution >= 4 is 11.6 Å². The SMILES string of the molecule is CCCC(C)(O)CNc1ncnc(NC)c1C. The lowest BCUT2D eigenvalue weighted by Gasteiger charge is -2.23. The first-order chi connectivity index (χ1) is 8.00. The second kappa shape index (κ2) is 5.82. The van der Waals surface area contributed by atoms with Crippen molar-refractivity contribution in [2.45, 2.75) is 39.2 Å². The average Bonchev–Trinajstić information content (AvgIpc) is 2.28. The lowest BCUT2D eigenvalue weighted by molar-refractivity contribution is 0.0636. The number of aliphatic hydroxyl groups is 1. The van der Waals surface area contributed by atoms with Gasteiger partial charge in [-0.25, -0.2) is 9.97 Å². The van der Waals surface area contributed by atoms with Crippen molar-refractivity contribution in [3.05, 3.63) is 11.9 Å². The zero-order valence-corrected chi connectivity index (χ0v) is 11.0. The summed E-state index contributed by atoms with van der Waals surface area (Å²) in [5.41, 5.74) is 0.258. The largest absolute Gasteiger partial charge is 0.388 e. The summed E-state index contributed by atoms with van der Waals surface area (Å²) in [6, 6.07) is 0. The highest BCUT2D eigenvalue weighted by atomic mass is 16.3. The molecule has 1 heterocycles. The van der Waals surface area contributed by atoms with Gasteiger partial charge < -0.3 is 15.7 Å². The molecule has 0 saturated heterocycles. The monoisotopic (exact) mass is 238 g/mol. The van der Waals surface area contributed by atoms with E-state index in [1.54, 1.807) is 0 Å². The van der Waals surface area contributed by atoms with Gasteiger partial charge in [0.15, 0.2) is 0 Å². The number of nitrogens with one attached hydrogen (secondary N) is 2. The molecule has 1 aromatic rings. The van der Waals surface area contributed by atoms with E-state index >= 15 is 0 Å². The van der Waals surface area contributed by atoms with Crippen molar-refractivity contribution in [1.82, 2.24) is 9.97 Å². The zero-order chi connectivity index (χ0) is 12.9. The Hall–Kier alpha value is -1.36. The molecule has 0 bridgehead atoms. The van der Waals surface area contributed by atoms with Gasteiger partial charge in [0.25, 0.3) is 0 Å². The van der Waals surface area contributed by atoms with Crippen LogP contribution in [0.25, 0.3) is 0 Å². The second-order valence-electron chi connectivity index (χ2n) is 4.55. The number of hydrogen-bond acceptors (Lipinski definition) is 5. The van der Waals surface area contributed by atoms with Gasteiger partial charge in [0.05, 0.1) is 5.60 Å². The molecule has 1 unspecified atom stereocenters. The van der Waals surface area contributed by atoms with Crippen molar-refractivity contribution in [2.24, 2.45) is 0 Å². The summed E-state index contributed by atoms with van der Waals surface area (Å²) in [5, 5.41) is 16.2. The van der Waals surface area contributed by atoms with E-state index < -0.39 is 5.60 Å². The van der Waals surface area contributed by atoms with Gasteiger partial charge in [-0.1, -0.05) is 13.3 Å². The van der Waals surface area contributed by atoms with Gasteiger partial charge >= 0.3 is 0 Å². The Kier molecular flexibility index (Phi) is 4.69. The molecule has 0 amide bonds. The van der Waals surface area contributed by atoms with Crippen LogP contribution in [0.3, 0.4) is 0 Å². The lowest BCUT2D eigenvalue weighted by atomic mass is 10.0. The molecule has 0 aliphatic heterocycles. The fourth-order valence-electron chi connectivity index (χ4n) is 1.78. The van der Waals surface area contributed by atoms with Crippen molar-refractivity contribution in [3.63, 3.8) is 0 Å². The Morgan fingerprint density at radius 2 is 2.00 bits per heavy atom. The molecule has 0 fully saturated rings. The standard InChI is InChI=1S/C12H22N4O/c1-5-6-12(3,17)7-14-11-9(2)10(13-4)15-8-16-11/h8,17H,5-7H2,1-4H3,(H2,13,14,15,16). The highest BCUT2D eigenvalue weighted by molar-refractivity contribution is 5.56. The maximum Gasteiger partial charge on any atom is 0.134 e. The van der Waals surface area contributed by atoms with Gasteiger partial charge in [0.1, 0.15) is 18.0 Å². The first kappa shape index (κ1) is 13.7. The minimum absolute atomic E-state index is 0.488. The van der Waals surface area contributed by atoms with Crippen LogP contribution in [0.1, 0.15) is 32.3 Å². The third kappa shape index (κ3) is 3.85. The Balaban J connectivity index is 2.69. The van der Waals surface area contributed by atoms with E-state index in [0.29, 0.717) is 6.54 Å². The number of aromatic nitrogens is 2. The summed E-state index contributed by atoms with van der Waals surface area (Å²) >= 11 is 0. The highest BCUT2D eigenvalue weighted by Gasteiger charge is 2.19. The molecule has 0 aromatic carbocycles. The Bertz CT molecular complexity index is 366. The zero-order valence-electron chi connectivity index (χ0n) is 11.0. The topological polar surface area (TPSA) is 70.1 Å².